The van der Waals surface area contributed by atoms with Gasteiger partial charge in [-0.25, -0.2) is 0 Å². The van der Waals surface area contributed by atoms with Gasteiger partial charge >= 0.3 is 0 Å². The molecule has 1 heteroatoms. The second kappa shape index (κ2) is 6.66. The molecule has 0 N–H and O–H groups in total. The molecule has 1 saturated heterocycles. The highest BCUT2D eigenvalue weighted by atomic mass is 15.1. The highest BCUT2D eigenvalue weighted by molar-refractivity contribution is 4.59. The van der Waals surface area contributed by atoms with Crippen LogP contribution in [0.4, 0.5) is 0 Å². The number of likely N-dealkylation sites (tertiary alicyclic amines) is 1. The summed E-state index contributed by atoms with van der Waals surface area (Å²) in [6.45, 7) is 6.20. The van der Waals surface area contributed by atoms with Crippen molar-refractivity contribution in [1.82, 2.24) is 4.90 Å². The van der Waals surface area contributed by atoms with Crippen LogP contribution >= 0.6 is 0 Å². The molecule has 0 aliphatic carbocycles. The molecule has 1 rings (SSSR count). The third kappa shape index (κ3) is 4.41. The summed E-state index contributed by atoms with van der Waals surface area (Å²) < 4.78 is 0. The van der Waals surface area contributed by atoms with E-state index in [2.05, 4.69) is 11.8 Å². The fourth-order valence-corrected chi connectivity index (χ4v) is 1.63. The van der Waals surface area contributed by atoms with Crippen molar-refractivity contribution in [2.75, 3.05) is 19.6 Å². The van der Waals surface area contributed by atoms with Crippen molar-refractivity contribution in [1.29, 1.82) is 0 Å². The maximum Gasteiger partial charge on any atom is -0.00189 e. The Kier molecular flexibility index (Phi) is 6.63. The van der Waals surface area contributed by atoms with Crippen molar-refractivity contribution < 1.29 is 0 Å². The van der Waals surface area contributed by atoms with Crippen molar-refractivity contribution in [2.45, 2.75) is 46.5 Å². The Hall–Kier alpha value is -0.0400. The second-order valence-electron chi connectivity index (χ2n) is 3.20. The number of nitrogens with zero attached hydrogens (tertiary/aromatic N) is 1. The first-order chi connectivity index (χ1) is 4.93. The van der Waals surface area contributed by atoms with Crippen molar-refractivity contribution in [3.8, 4) is 0 Å². The van der Waals surface area contributed by atoms with Crippen LogP contribution in [0.5, 0.6) is 0 Å². The number of hydrogen-bond donors (Lipinski definition) is 0. The summed E-state index contributed by atoms with van der Waals surface area (Å²) in [5.74, 6) is 0. The molecular formula is C10H23N. The predicted molar refractivity (Wildman–Crippen MR) is 51.9 cm³/mol. The van der Waals surface area contributed by atoms with Gasteiger partial charge in [0.2, 0.25) is 0 Å². The SMILES string of the molecule is C.CCN1CCCCCCC1. The topological polar surface area (TPSA) is 3.24 Å². The maximum absolute atomic E-state index is 2.57. The minimum Gasteiger partial charge on any atom is -0.304 e. The molecule has 0 aromatic rings. The molecule has 0 unspecified atom stereocenters. The van der Waals surface area contributed by atoms with E-state index in [1.165, 1.54) is 51.7 Å². The highest BCUT2D eigenvalue weighted by Crippen LogP contribution is 2.09. The van der Waals surface area contributed by atoms with E-state index in [0.717, 1.165) is 0 Å². The summed E-state index contributed by atoms with van der Waals surface area (Å²) in [5, 5.41) is 0. The van der Waals surface area contributed by atoms with Gasteiger partial charge in [-0.15, -0.1) is 0 Å². The van der Waals surface area contributed by atoms with Crippen LogP contribution in [0, 0.1) is 0 Å². The Balaban J connectivity index is 0.000001000. The zero-order valence-corrected chi connectivity index (χ0v) is 7.10. The molecule has 0 radical (unpaired) electrons. The molecule has 0 atom stereocenters. The van der Waals surface area contributed by atoms with Crippen molar-refractivity contribution >= 4 is 0 Å². The quantitative estimate of drug-likeness (QED) is 0.565. The highest BCUT2D eigenvalue weighted by Gasteiger charge is 2.04. The van der Waals surface area contributed by atoms with E-state index >= 15 is 0 Å². The Morgan fingerprint density at radius 3 is 1.82 bits per heavy atom. The molecule has 1 aliphatic rings. The molecule has 1 heterocycles. The summed E-state index contributed by atoms with van der Waals surface area (Å²) in [6.07, 6.45) is 7.23. The standard InChI is InChI=1S/C9H19N.CH4/c1-2-10-8-6-4-3-5-7-9-10;/h2-9H2,1H3;1H4. The van der Waals surface area contributed by atoms with E-state index in [-0.39, 0.29) is 7.43 Å². The van der Waals surface area contributed by atoms with Crippen LogP contribution in [0.15, 0.2) is 0 Å². The maximum atomic E-state index is 2.57. The molecule has 0 bridgehead atoms. The number of hydrogen-bond acceptors (Lipinski definition) is 1. The molecule has 0 spiro atoms. The summed E-state index contributed by atoms with van der Waals surface area (Å²) in [6, 6.07) is 0. The Bertz CT molecular complexity index is 72.9. The first-order valence-electron chi connectivity index (χ1n) is 4.66. The molecule has 1 fully saturated rings. The van der Waals surface area contributed by atoms with E-state index in [0.29, 0.717) is 0 Å². The van der Waals surface area contributed by atoms with Gasteiger partial charge in [-0.1, -0.05) is 33.6 Å². The van der Waals surface area contributed by atoms with E-state index in [4.69, 9.17) is 0 Å². The smallest absolute Gasteiger partial charge is 0.00189 e. The zero-order chi connectivity index (χ0) is 7.23. The molecule has 0 saturated carbocycles. The first-order valence-corrected chi connectivity index (χ1v) is 4.66. The number of rotatable bonds is 1. The Morgan fingerprint density at radius 1 is 0.909 bits per heavy atom. The van der Waals surface area contributed by atoms with Gasteiger partial charge in [0.05, 0.1) is 0 Å². The summed E-state index contributed by atoms with van der Waals surface area (Å²) in [7, 11) is 0. The van der Waals surface area contributed by atoms with Crippen molar-refractivity contribution in [3.63, 3.8) is 0 Å². The monoisotopic (exact) mass is 157 g/mol. The molecular weight excluding hydrogens is 134 g/mol. The minimum atomic E-state index is 0. The molecule has 0 amide bonds. The van der Waals surface area contributed by atoms with E-state index in [1.807, 2.05) is 0 Å². The molecule has 11 heavy (non-hydrogen) atoms. The predicted octanol–water partition coefficient (Wildman–Crippen LogP) is 2.91. The average molecular weight is 157 g/mol. The average Bonchev–Trinajstić information content (AvgIpc) is 1.87. The van der Waals surface area contributed by atoms with Gasteiger partial charge in [-0.05, 0) is 32.5 Å². The van der Waals surface area contributed by atoms with Crippen molar-refractivity contribution in [3.05, 3.63) is 0 Å². The van der Waals surface area contributed by atoms with Crippen LogP contribution in [0.25, 0.3) is 0 Å². The van der Waals surface area contributed by atoms with Crippen molar-refractivity contribution in [2.24, 2.45) is 0 Å². The minimum absolute atomic E-state index is 0. The summed E-state index contributed by atoms with van der Waals surface area (Å²) in [5.41, 5.74) is 0. The van der Waals surface area contributed by atoms with Crippen LogP contribution in [0.1, 0.15) is 46.5 Å². The fraction of sp³-hybridized carbons (Fsp3) is 1.00. The second-order valence-corrected chi connectivity index (χ2v) is 3.20. The van der Waals surface area contributed by atoms with Gasteiger partial charge in [-0.2, -0.15) is 0 Å². The lowest BCUT2D eigenvalue weighted by molar-refractivity contribution is 0.259. The van der Waals surface area contributed by atoms with E-state index in [1.54, 1.807) is 0 Å². The van der Waals surface area contributed by atoms with Crippen LogP contribution in [-0.2, 0) is 0 Å². The van der Waals surface area contributed by atoms with E-state index in [9.17, 15) is 0 Å². The Morgan fingerprint density at radius 2 is 1.36 bits per heavy atom. The van der Waals surface area contributed by atoms with Gasteiger partial charge < -0.3 is 4.90 Å². The summed E-state index contributed by atoms with van der Waals surface area (Å²) >= 11 is 0. The third-order valence-corrected chi connectivity index (χ3v) is 2.40. The fourth-order valence-electron chi connectivity index (χ4n) is 1.63. The lowest BCUT2D eigenvalue weighted by atomic mass is 10.1. The van der Waals surface area contributed by atoms with Gasteiger partial charge in [0, 0.05) is 0 Å². The normalized spacial score (nSPS) is 21.5. The van der Waals surface area contributed by atoms with Crippen LogP contribution in [-0.4, -0.2) is 24.5 Å². The molecule has 0 aromatic heterocycles. The lowest BCUT2D eigenvalue weighted by Crippen LogP contribution is -2.26. The van der Waals surface area contributed by atoms with Crippen LogP contribution in [0.2, 0.25) is 0 Å². The van der Waals surface area contributed by atoms with Crippen LogP contribution < -0.4 is 0 Å². The van der Waals surface area contributed by atoms with Gasteiger partial charge in [-0.3, -0.25) is 0 Å². The summed E-state index contributed by atoms with van der Waals surface area (Å²) in [4.78, 5) is 2.57. The third-order valence-electron chi connectivity index (χ3n) is 2.40. The zero-order valence-electron chi connectivity index (χ0n) is 7.10. The van der Waals surface area contributed by atoms with Gasteiger partial charge in [0.15, 0.2) is 0 Å². The van der Waals surface area contributed by atoms with Gasteiger partial charge in [0.25, 0.3) is 0 Å². The lowest BCUT2D eigenvalue weighted by Gasteiger charge is -2.22. The Labute approximate surface area is 71.8 Å². The van der Waals surface area contributed by atoms with Crippen LogP contribution in [0.3, 0.4) is 0 Å². The molecule has 68 valence electrons. The van der Waals surface area contributed by atoms with E-state index < -0.39 is 0 Å². The first kappa shape index (κ1) is 11.0. The largest absolute Gasteiger partial charge is 0.304 e. The molecule has 1 nitrogen and oxygen atoms in total. The molecule has 1 aliphatic heterocycles. The van der Waals surface area contributed by atoms with Gasteiger partial charge in [0.1, 0.15) is 0 Å². The molecule has 0 aromatic carbocycles.